The fourth-order valence-electron chi connectivity index (χ4n) is 2.51. The van der Waals surface area contributed by atoms with E-state index in [9.17, 15) is 14.0 Å². The molecule has 0 fully saturated rings. The number of benzene rings is 2. The average Bonchev–Trinajstić information content (AvgIpc) is 2.87. The number of rotatable bonds is 3. The van der Waals surface area contributed by atoms with Gasteiger partial charge in [-0.15, -0.1) is 0 Å². The Morgan fingerprint density at radius 3 is 2.61 bits per heavy atom. The number of primary amides is 1. The van der Waals surface area contributed by atoms with Gasteiger partial charge in [0.15, 0.2) is 0 Å². The summed E-state index contributed by atoms with van der Waals surface area (Å²) in [5.41, 5.74) is 6.57. The number of anilines is 1. The van der Waals surface area contributed by atoms with Gasteiger partial charge >= 0.3 is 0 Å². The number of nitrogens with one attached hydrogen (secondary N) is 1. The minimum atomic E-state index is -0.885. The number of amides is 2. The lowest BCUT2D eigenvalue weighted by molar-refractivity contribution is 0.0992. The van der Waals surface area contributed by atoms with Gasteiger partial charge in [-0.25, -0.2) is 4.39 Å². The number of fused-ring (bicyclic) bond motifs is 1. The van der Waals surface area contributed by atoms with E-state index in [1.54, 1.807) is 6.20 Å². The third-order valence-corrected chi connectivity index (χ3v) is 3.63. The summed E-state index contributed by atoms with van der Waals surface area (Å²) >= 11 is 0. The highest BCUT2D eigenvalue weighted by atomic mass is 19.1. The fourth-order valence-corrected chi connectivity index (χ4v) is 2.51. The van der Waals surface area contributed by atoms with Crippen LogP contribution in [0.15, 0.2) is 48.7 Å². The van der Waals surface area contributed by atoms with Gasteiger partial charge in [0.1, 0.15) is 5.82 Å². The monoisotopic (exact) mass is 311 g/mol. The van der Waals surface area contributed by atoms with E-state index in [-0.39, 0.29) is 11.5 Å². The first-order valence-corrected chi connectivity index (χ1v) is 6.92. The van der Waals surface area contributed by atoms with E-state index in [4.69, 9.17) is 5.73 Å². The van der Waals surface area contributed by atoms with Gasteiger partial charge in [0.05, 0.1) is 11.1 Å². The summed E-state index contributed by atoms with van der Waals surface area (Å²) in [6.45, 7) is 0. The van der Waals surface area contributed by atoms with E-state index in [1.807, 2.05) is 35.9 Å². The first kappa shape index (κ1) is 14.8. The summed E-state index contributed by atoms with van der Waals surface area (Å²) in [5.74, 6) is -1.95. The van der Waals surface area contributed by atoms with Crippen LogP contribution in [0.4, 0.5) is 10.1 Å². The Labute approximate surface area is 131 Å². The predicted octanol–water partition coefficient (Wildman–Crippen LogP) is 2.67. The van der Waals surface area contributed by atoms with Gasteiger partial charge in [-0.05, 0) is 24.3 Å². The molecular formula is C17H14FN3O2. The second kappa shape index (κ2) is 5.57. The minimum Gasteiger partial charge on any atom is -0.366 e. The fraction of sp³-hybridized carbons (Fsp3) is 0.0588. The van der Waals surface area contributed by atoms with Crippen molar-refractivity contribution in [2.75, 3.05) is 5.32 Å². The van der Waals surface area contributed by atoms with Gasteiger partial charge in [-0.2, -0.15) is 0 Å². The Morgan fingerprint density at radius 2 is 1.87 bits per heavy atom. The average molecular weight is 311 g/mol. The number of carbonyl (C=O) groups excluding carboxylic acids is 2. The van der Waals surface area contributed by atoms with E-state index < -0.39 is 11.7 Å². The Hall–Kier alpha value is -3.15. The predicted molar refractivity (Wildman–Crippen MR) is 85.8 cm³/mol. The number of hydrogen-bond donors (Lipinski definition) is 2. The Bertz CT molecular complexity index is 931. The standard InChI is InChI=1S/C17H14FN3O2/c1-21-9-13(11-4-2-3-5-15(11)21)17(23)20-10-6-7-14(18)12(8-10)16(19)22/h2-9H,1H3,(H2,19,22)(H,20,23). The van der Waals surface area contributed by atoms with Crippen molar-refractivity contribution < 1.29 is 14.0 Å². The zero-order valence-corrected chi connectivity index (χ0v) is 12.3. The Balaban J connectivity index is 1.95. The summed E-state index contributed by atoms with van der Waals surface area (Å²) in [5, 5.41) is 3.47. The van der Waals surface area contributed by atoms with E-state index in [0.29, 0.717) is 11.3 Å². The molecule has 0 saturated heterocycles. The zero-order valence-electron chi connectivity index (χ0n) is 12.3. The highest BCUT2D eigenvalue weighted by Crippen LogP contribution is 2.22. The van der Waals surface area contributed by atoms with Crippen molar-refractivity contribution in [2.45, 2.75) is 0 Å². The maximum Gasteiger partial charge on any atom is 0.257 e. The first-order chi connectivity index (χ1) is 11.0. The van der Waals surface area contributed by atoms with Gasteiger partial charge < -0.3 is 15.6 Å². The zero-order chi connectivity index (χ0) is 16.6. The molecule has 0 saturated carbocycles. The van der Waals surface area contributed by atoms with Crippen LogP contribution < -0.4 is 11.1 Å². The van der Waals surface area contributed by atoms with E-state index in [2.05, 4.69) is 5.32 Å². The second-order valence-corrected chi connectivity index (χ2v) is 5.18. The lowest BCUT2D eigenvalue weighted by atomic mass is 10.1. The van der Waals surface area contributed by atoms with Crippen molar-refractivity contribution in [1.29, 1.82) is 0 Å². The van der Waals surface area contributed by atoms with Gasteiger partial charge in [0, 0.05) is 29.8 Å². The molecular weight excluding hydrogens is 297 g/mol. The molecule has 3 rings (SSSR count). The van der Waals surface area contributed by atoms with Crippen LogP contribution in [0.5, 0.6) is 0 Å². The molecule has 3 N–H and O–H groups in total. The quantitative estimate of drug-likeness (QED) is 0.780. The smallest absolute Gasteiger partial charge is 0.257 e. The highest BCUT2D eigenvalue weighted by Gasteiger charge is 2.15. The molecule has 2 aromatic carbocycles. The van der Waals surface area contributed by atoms with E-state index in [1.165, 1.54) is 12.1 Å². The van der Waals surface area contributed by atoms with Crippen LogP contribution in [0.1, 0.15) is 20.7 Å². The van der Waals surface area contributed by atoms with E-state index >= 15 is 0 Å². The second-order valence-electron chi connectivity index (χ2n) is 5.18. The van der Waals surface area contributed by atoms with Crippen molar-refractivity contribution in [3.63, 3.8) is 0 Å². The molecule has 1 aromatic heterocycles. The molecule has 0 unspecified atom stereocenters. The van der Waals surface area contributed by atoms with Crippen LogP contribution in [0.2, 0.25) is 0 Å². The Morgan fingerprint density at radius 1 is 1.13 bits per heavy atom. The molecule has 1 heterocycles. The van der Waals surface area contributed by atoms with E-state index in [0.717, 1.165) is 17.0 Å². The van der Waals surface area contributed by atoms with Gasteiger partial charge in [0.25, 0.3) is 11.8 Å². The molecule has 0 aliphatic carbocycles. The van der Waals surface area contributed by atoms with Gasteiger partial charge in [-0.3, -0.25) is 9.59 Å². The number of hydrogen-bond acceptors (Lipinski definition) is 2. The third kappa shape index (κ3) is 2.66. The van der Waals surface area contributed by atoms with Crippen molar-refractivity contribution in [3.05, 3.63) is 65.6 Å². The topological polar surface area (TPSA) is 77.1 Å². The maximum absolute atomic E-state index is 13.5. The number of aromatic nitrogens is 1. The largest absolute Gasteiger partial charge is 0.366 e. The summed E-state index contributed by atoms with van der Waals surface area (Å²) in [4.78, 5) is 23.6. The molecule has 0 atom stereocenters. The van der Waals surface area contributed by atoms with Crippen LogP contribution in [0, 0.1) is 5.82 Å². The van der Waals surface area contributed by atoms with Crippen LogP contribution in [-0.4, -0.2) is 16.4 Å². The van der Waals surface area contributed by atoms with Crippen molar-refractivity contribution in [3.8, 4) is 0 Å². The molecule has 23 heavy (non-hydrogen) atoms. The third-order valence-electron chi connectivity index (χ3n) is 3.63. The number of para-hydroxylation sites is 1. The normalized spacial score (nSPS) is 10.7. The number of nitrogens with two attached hydrogens (primary N) is 1. The summed E-state index contributed by atoms with van der Waals surface area (Å²) in [6.07, 6.45) is 1.72. The molecule has 0 aliphatic heterocycles. The molecule has 0 spiro atoms. The van der Waals surface area contributed by atoms with Crippen LogP contribution >= 0.6 is 0 Å². The molecule has 0 aliphatic rings. The highest BCUT2D eigenvalue weighted by molar-refractivity contribution is 6.13. The summed E-state index contributed by atoms with van der Waals surface area (Å²) in [6, 6.07) is 11.2. The minimum absolute atomic E-state index is 0.263. The van der Waals surface area contributed by atoms with Crippen LogP contribution in [0.25, 0.3) is 10.9 Å². The van der Waals surface area contributed by atoms with Crippen molar-refractivity contribution >= 4 is 28.4 Å². The molecule has 116 valence electrons. The van der Waals surface area contributed by atoms with Crippen LogP contribution in [-0.2, 0) is 7.05 Å². The van der Waals surface area contributed by atoms with Crippen LogP contribution in [0.3, 0.4) is 0 Å². The SMILES string of the molecule is Cn1cc(C(=O)Nc2ccc(F)c(C(N)=O)c2)c2ccccc21. The number of halogens is 1. The Kier molecular flexibility index (Phi) is 3.57. The molecule has 5 nitrogen and oxygen atoms in total. The molecule has 0 radical (unpaired) electrons. The molecule has 3 aromatic rings. The first-order valence-electron chi connectivity index (χ1n) is 6.92. The number of aryl methyl sites for hydroxylation is 1. The molecule has 2 amide bonds. The molecule has 0 bridgehead atoms. The molecule has 6 heteroatoms. The van der Waals surface area contributed by atoms with Crippen molar-refractivity contribution in [1.82, 2.24) is 4.57 Å². The number of carbonyl (C=O) groups is 2. The maximum atomic E-state index is 13.5. The summed E-state index contributed by atoms with van der Waals surface area (Å²) < 4.78 is 15.3. The summed E-state index contributed by atoms with van der Waals surface area (Å²) in [7, 11) is 1.85. The van der Waals surface area contributed by atoms with Gasteiger partial charge in [0.2, 0.25) is 0 Å². The van der Waals surface area contributed by atoms with Crippen molar-refractivity contribution in [2.24, 2.45) is 12.8 Å². The van der Waals surface area contributed by atoms with Gasteiger partial charge in [-0.1, -0.05) is 18.2 Å². The lowest BCUT2D eigenvalue weighted by Crippen LogP contribution is -2.15. The number of nitrogens with zero attached hydrogens (tertiary/aromatic N) is 1. The lowest BCUT2D eigenvalue weighted by Gasteiger charge is -2.06.